The zero-order chi connectivity index (χ0) is 19.5. The highest BCUT2D eigenvalue weighted by Gasteiger charge is 2.28. The van der Waals surface area contributed by atoms with Crippen LogP contribution >= 0.6 is 0 Å². The van der Waals surface area contributed by atoms with E-state index in [2.05, 4.69) is 0 Å². The average Bonchev–Trinajstić information content (AvgIpc) is 2.86. The van der Waals surface area contributed by atoms with Gasteiger partial charge in [-0.2, -0.15) is 13.2 Å². The molecule has 1 aromatic heterocycles. The van der Waals surface area contributed by atoms with E-state index in [0.29, 0.717) is 5.52 Å². The third kappa shape index (κ3) is 4.83. The normalized spacial score (nSPS) is 11.7. The predicted molar refractivity (Wildman–Crippen MR) is 84.7 cm³/mol. The van der Waals surface area contributed by atoms with E-state index in [1.165, 1.54) is 23.7 Å². The maximum Gasteiger partial charge on any atom is 0.419 e. The lowest BCUT2D eigenvalue weighted by Gasteiger charge is -2.18. The molecule has 26 heavy (non-hydrogen) atoms. The Morgan fingerprint density at radius 1 is 1.38 bits per heavy atom. The van der Waals surface area contributed by atoms with Gasteiger partial charge in [0, 0.05) is 32.6 Å². The van der Waals surface area contributed by atoms with Gasteiger partial charge in [0.15, 0.2) is 5.58 Å². The minimum absolute atomic E-state index is 0.0412. The van der Waals surface area contributed by atoms with Crippen molar-refractivity contribution < 1.29 is 27.3 Å². The van der Waals surface area contributed by atoms with Crippen molar-refractivity contribution in [1.29, 1.82) is 0 Å². The summed E-state index contributed by atoms with van der Waals surface area (Å²) < 4.78 is 42.7. The van der Waals surface area contributed by atoms with Crippen molar-refractivity contribution in [3.63, 3.8) is 0 Å². The molecule has 142 valence electrons. The van der Waals surface area contributed by atoms with Gasteiger partial charge in [-0.3, -0.25) is 19.5 Å². The molecule has 1 aromatic carbocycles. The molecule has 0 aliphatic carbocycles. The molecule has 0 saturated heterocycles. The van der Waals surface area contributed by atoms with Crippen molar-refractivity contribution in [2.24, 2.45) is 0 Å². The monoisotopic (exact) mass is 375 g/mol. The van der Waals surface area contributed by atoms with Crippen LogP contribution in [0.3, 0.4) is 0 Å². The fourth-order valence-electron chi connectivity index (χ4n) is 2.38. The number of non-ortho nitro benzene ring substituents is 1. The molecule has 1 heterocycles. The number of halogens is 3. The second-order valence-electron chi connectivity index (χ2n) is 5.71. The van der Waals surface area contributed by atoms with Gasteiger partial charge in [-0.15, -0.1) is 0 Å². The first kappa shape index (κ1) is 19.5. The van der Waals surface area contributed by atoms with Gasteiger partial charge in [0.25, 0.3) is 5.69 Å². The Balaban J connectivity index is 1.97. The van der Waals surface area contributed by atoms with E-state index in [1.807, 2.05) is 0 Å². The van der Waals surface area contributed by atoms with Crippen molar-refractivity contribution >= 4 is 22.7 Å². The van der Waals surface area contributed by atoms with Gasteiger partial charge < -0.3 is 9.32 Å². The van der Waals surface area contributed by atoms with Crippen molar-refractivity contribution in [2.75, 3.05) is 13.6 Å². The van der Waals surface area contributed by atoms with Crippen molar-refractivity contribution in [3.8, 4) is 0 Å². The number of carbonyl (C=O) groups is 1. The fraction of sp³-hybridized carbons (Fsp3) is 0.467. The summed E-state index contributed by atoms with van der Waals surface area (Å²) in [7, 11) is 1.28. The molecule has 0 saturated carbocycles. The first-order valence-electron chi connectivity index (χ1n) is 7.67. The number of nitro groups is 1. The summed E-state index contributed by atoms with van der Waals surface area (Å²) in [4.78, 5) is 34.8. The Morgan fingerprint density at radius 3 is 2.69 bits per heavy atom. The molecular weight excluding hydrogens is 359 g/mol. The first-order chi connectivity index (χ1) is 12.1. The zero-order valence-electron chi connectivity index (χ0n) is 13.8. The van der Waals surface area contributed by atoms with Gasteiger partial charge >= 0.3 is 11.9 Å². The summed E-state index contributed by atoms with van der Waals surface area (Å²) in [5.41, 5.74) is 0.177. The summed E-state index contributed by atoms with van der Waals surface area (Å²) in [6.45, 7) is -0.330. The first-order valence-corrected chi connectivity index (χ1v) is 7.67. The molecule has 1 amide bonds. The number of amides is 1. The summed E-state index contributed by atoms with van der Waals surface area (Å²) >= 11 is 0. The molecule has 8 nitrogen and oxygen atoms in total. The van der Waals surface area contributed by atoms with Gasteiger partial charge in [0.2, 0.25) is 5.91 Å². The number of fused-ring (bicyclic) bond motifs is 1. The summed E-state index contributed by atoms with van der Waals surface area (Å²) in [5, 5.41) is 10.7. The number of hydrogen-bond donors (Lipinski definition) is 0. The Kier molecular flexibility index (Phi) is 5.68. The molecule has 0 bridgehead atoms. The highest BCUT2D eigenvalue weighted by Crippen LogP contribution is 2.21. The van der Waals surface area contributed by atoms with Gasteiger partial charge in [0.05, 0.1) is 22.9 Å². The Hall–Kier alpha value is -2.85. The minimum atomic E-state index is -4.33. The molecule has 2 rings (SSSR count). The molecule has 0 radical (unpaired) electrons. The second kappa shape index (κ2) is 7.58. The molecule has 0 aliphatic heterocycles. The van der Waals surface area contributed by atoms with Crippen LogP contribution in [-0.4, -0.2) is 40.1 Å². The van der Waals surface area contributed by atoms with Gasteiger partial charge in [0.1, 0.15) is 0 Å². The number of aryl methyl sites for hydroxylation is 1. The molecule has 0 atom stereocenters. The van der Waals surface area contributed by atoms with Gasteiger partial charge in [-0.1, -0.05) is 0 Å². The van der Waals surface area contributed by atoms with E-state index in [4.69, 9.17) is 4.42 Å². The summed E-state index contributed by atoms with van der Waals surface area (Å²) in [5.74, 6) is -1.19. The molecular formula is C15H16F3N3O5. The third-order valence-electron chi connectivity index (χ3n) is 3.79. The number of hydrogen-bond acceptors (Lipinski definition) is 5. The number of nitrogens with zero attached hydrogens (tertiary/aromatic N) is 3. The standard InChI is InChI=1S/C15H16F3N3O5/c1-19(8-6-15(16,17)18)13(22)3-2-7-20-11-5-4-10(21(24)25)9-12(11)26-14(20)23/h4-5,9H,2-3,6-8H2,1H3. The van der Waals surface area contributed by atoms with Crippen LogP contribution in [-0.2, 0) is 11.3 Å². The maximum atomic E-state index is 12.2. The lowest BCUT2D eigenvalue weighted by Crippen LogP contribution is -2.30. The number of alkyl halides is 3. The van der Waals surface area contributed by atoms with E-state index in [9.17, 15) is 32.9 Å². The summed E-state index contributed by atoms with van der Waals surface area (Å²) in [6.07, 6.45) is -5.25. The number of nitro benzene ring substituents is 1. The van der Waals surface area contributed by atoms with Crippen LogP contribution < -0.4 is 5.76 Å². The number of aromatic nitrogens is 1. The van der Waals surface area contributed by atoms with Crippen LogP contribution in [0.25, 0.3) is 11.1 Å². The Labute approximate surface area is 144 Å². The maximum absolute atomic E-state index is 12.2. The van der Waals surface area contributed by atoms with Crippen molar-refractivity contribution in [1.82, 2.24) is 9.47 Å². The van der Waals surface area contributed by atoms with Crippen LogP contribution in [0.4, 0.5) is 18.9 Å². The highest BCUT2D eigenvalue weighted by molar-refractivity contribution is 5.76. The quantitative estimate of drug-likeness (QED) is 0.547. The number of carbonyl (C=O) groups excluding carboxylic acids is 1. The smallest absolute Gasteiger partial charge is 0.407 e. The van der Waals surface area contributed by atoms with Crippen LogP contribution in [0.1, 0.15) is 19.3 Å². The fourth-order valence-corrected chi connectivity index (χ4v) is 2.38. The lowest BCUT2D eigenvalue weighted by atomic mass is 10.2. The van der Waals surface area contributed by atoms with Crippen molar-refractivity contribution in [3.05, 3.63) is 38.9 Å². The molecule has 0 fully saturated rings. The van der Waals surface area contributed by atoms with E-state index in [0.717, 1.165) is 11.0 Å². The minimum Gasteiger partial charge on any atom is -0.407 e. The lowest BCUT2D eigenvalue weighted by molar-refractivity contribution is -0.384. The molecule has 0 aliphatic rings. The zero-order valence-corrected chi connectivity index (χ0v) is 13.8. The number of rotatable bonds is 7. The SMILES string of the molecule is CN(CCC(F)(F)F)C(=O)CCCn1c(=O)oc2cc([N+](=O)[O-])ccc21. The van der Waals surface area contributed by atoms with E-state index < -0.39 is 35.7 Å². The molecule has 0 unspecified atom stereocenters. The topological polar surface area (TPSA) is 98.6 Å². The van der Waals surface area contributed by atoms with Crippen LogP contribution in [0.15, 0.2) is 27.4 Å². The molecule has 0 spiro atoms. The van der Waals surface area contributed by atoms with E-state index >= 15 is 0 Å². The van der Waals surface area contributed by atoms with Gasteiger partial charge in [-0.05, 0) is 12.5 Å². The Morgan fingerprint density at radius 2 is 2.08 bits per heavy atom. The number of benzene rings is 1. The summed E-state index contributed by atoms with van der Waals surface area (Å²) in [6, 6.07) is 3.73. The average molecular weight is 375 g/mol. The molecule has 0 N–H and O–H groups in total. The van der Waals surface area contributed by atoms with Crippen LogP contribution in [0.2, 0.25) is 0 Å². The molecule has 11 heteroatoms. The number of oxazole rings is 1. The van der Waals surface area contributed by atoms with Crippen LogP contribution in [0.5, 0.6) is 0 Å². The van der Waals surface area contributed by atoms with E-state index in [1.54, 1.807) is 0 Å². The predicted octanol–water partition coefficient (Wildman–Crippen LogP) is 2.69. The van der Waals surface area contributed by atoms with Crippen molar-refractivity contribution in [2.45, 2.75) is 32.0 Å². The van der Waals surface area contributed by atoms with E-state index in [-0.39, 0.29) is 30.7 Å². The molecule has 2 aromatic rings. The second-order valence-corrected chi connectivity index (χ2v) is 5.71. The highest BCUT2D eigenvalue weighted by atomic mass is 19.4. The van der Waals surface area contributed by atoms with Gasteiger partial charge in [-0.25, -0.2) is 4.79 Å². The largest absolute Gasteiger partial charge is 0.419 e. The van der Waals surface area contributed by atoms with Crippen LogP contribution in [0, 0.1) is 10.1 Å². The Bertz CT molecular complexity index is 872. The third-order valence-corrected chi connectivity index (χ3v) is 3.79.